The summed E-state index contributed by atoms with van der Waals surface area (Å²) in [4.78, 5) is 10.5. The second-order valence-electron chi connectivity index (χ2n) is 10.4. The van der Waals surface area contributed by atoms with Crippen molar-refractivity contribution in [3.8, 4) is 22.9 Å². The van der Waals surface area contributed by atoms with Crippen molar-refractivity contribution < 1.29 is 24.8 Å². The van der Waals surface area contributed by atoms with E-state index in [0.717, 1.165) is 35.4 Å². The summed E-state index contributed by atoms with van der Waals surface area (Å²) in [6.07, 6.45) is -2.78. The quantitative estimate of drug-likeness (QED) is 0.166. The molecule has 0 unspecified atom stereocenters. The Hall–Kier alpha value is -4.25. The third-order valence-electron chi connectivity index (χ3n) is 7.29. The number of hydrogen-bond acceptors (Lipinski definition) is 11. The largest absolute Gasteiger partial charge is 0.493 e. The van der Waals surface area contributed by atoms with Gasteiger partial charge in [0.05, 0.1) is 18.6 Å². The monoisotopic (exact) mass is 573 g/mol. The van der Waals surface area contributed by atoms with E-state index in [1.54, 1.807) is 0 Å². The number of aliphatic hydroxyl groups excluding tert-OH is 3. The Morgan fingerprint density at radius 3 is 2.62 bits per heavy atom. The van der Waals surface area contributed by atoms with Crippen molar-refractivity contribution in [2.75, 3.05) is 44.9 Å². The van der Waals surface area contributed by atoms with Crippen LogP contribution in [0.3, 0.4) is 0 Å². The first-order valence-electron chi connectivity index (χ1n) is 13.7. The molecule has 12 nitrogen and oxygen atoms in total. The van der Waals surface area contributed by atoms with Crippen molar-refractivity contribution in [2.45, 2.75) is 37.5 Å². The van der Waals surface area contributed by atoms with Crippen LogP contribution in [-0.4, -0.2) is 86.9 Å². The van der Waals surface area contributed by atoms with Crippen LogP contribution in [0.4, 0.5) is 11.6 Å². The second-order valence-corrected chi connectivity index (χ2v) is 10.4. The number of rotatable bonds is 11. The third-order valence-corrected chi connectivity index (χ3v) is 7.29. The lowest BCUT2D eigenvalue weighted by atomic mass is 10.0. The van der Waals surface area contributed by atoms with Crippen LogP contribution in [0.25, 0.3) is 22.2 Å². The molecule has 4 atom stereocenters. The highest BCUT2D eigenvalue weighted by molar-refractivity contribution is 5.97. The zero-order chi connectivity index (χ0) is 29.8. The molecule has 0 spiro atoms. The minimum absolute atomic E-state index is 0.0886. The van der Waals surface area contributed by atoms with Crippen molar-refractivity contribution >= 4 is 22.7 Å². The van der Waals surface area contributed by atoms with E-state index in [1.165, 1.54) is 10.9 Å². The summed E-state index contributed by atoms with van der Waals surface area (Å²) in [6.45, 7) is 1.22. The SMILES string of the molecule is CN(C)CCCOc1cc(CNc2c(C#N)c3c(N)ncnc3n2[C@@H]2O[C@H](CO)[C@@H](O)[C@H]2O)ccc1-c1ccccc1. The Kier molecular flexibility index (Phi) is 8.86. The van der Waals surface area contributed by atoms with E-state index in [1.807, 2.05) is 62.6 Å². The van der Waals surface area contributed by atoms with E-state index >= 15 is 0 Å². The smallest absolute Gasteiger partial charge is 0.166 e. The number of nitrogens with zero attached hydrogens (tertiary/aromatic N) is 5. The fraction of sp³-hybridized carbons (Fsp3) is 0.367. The zero-order valence-corrected chi connectivity index (χ0v) is 23.5. The van der Waals surface area contributed by atoms with E-state index in [0.29, 0.717) is 12.0 Å². The van der Waals surface area contributed by atoms with Gasteiger partial charge in [-0.05, 0) is 37.7 Å². The number of aromatic nitrogens is 3. The van der Waals surface area contributed by atoms with Crippen LogP contribution in [0.2, 0.25) is 0 Å². The van der Waals surface area contributed by atoms with Crippen LogP contribution in [0, 0.1) is 11.3 Å². The zero-order valence-electron chi connectivity index (χ0n) is 23.5. The van der Waals surface area contributed by atoms with Gasteiger partial charge >= 0.3 is 0 Å². The fourth-order valence-corrected chi connectivity index (χ4v) is 5.18. The Morgan fingerprint density at radius 2 is 1.93 bits per heavy atom. The predicted molar refractivity (Wildman–Crippen MR) is 158 cm³/mol. The van der Waals surface area contributed by atoms with Gasteiger partial charge in [0, 0.05) is 18.7 Å². The number of aliphatic hydroxyl groups is 3. The first kappa shape index (κ1) is 29.2. The molecule has 2 aromatic carbocycles. The van der Waals surface area contributed by atoms with Gasteiger partial charge in [0.2, 0.25) is 0 Å². The van der Waals surface area contributed by atoms with E-state index < -0.39 is 31.1 Å². The lowest BCUT2D eigenvalue weighted by Gasteiger charge is -2.21. The Labute approximate surface area is 243 Å². The van der Waals surface area contributed by atoms with Gasteiger partial charge in [0.15, 0.2) is 11.9 Å². The summed E-state index contributed by atoms with van der Waals surface area (Å²) in [5, 5.41) is 44.7. The molecule has 1 fully saturated rings. The van der Waals surface area contributed by atoms with Crippen LogP contribution in [-0.2, 0) is 11.3 Å². The van der Waals surface area contributed by atoms with Gasteiger partial charge in [-0.2, -0.15) is 5.26 Å². The molecule has 220 valence electrons. The minimum Gasteiger partial charge on any atom is -0.493 e. The van der Waals surface area contributed by atoms with Crippen LogP contribution in [0.15, 0.2) is 54.9 Å². The van der Waals surface area contributed by atoms with Crippen LogP contribution in [0.5, 0.6) is 5.75 Å². The molecule has 0 amide bonds. The number of nitrogens with one attached hydrogen (secondary N) is 1. The predicted octanol–water partition coefficient (Wildman–Crippen LogP) is 2.11. The van der Waals surface area contributed by atoms with Gasteiger partial charge in [-0.25, -0.2) is 9.97 Å². The summed E-state index contributed by atoms with van der Waals surface area (Å²) >= 11 is 0. The number of hydrogen-bond donors (Lipinski definition) is 5. The molecule has 0 aliphatic carbocycles. The van der Waals surface area contributed by atoms with Crippen molar-refractivity contribution in [1.82, 2.24) is 19.4 Å². The summed E-state index contributed by atoms with van der Waals surface area (Å²) in [6, 6.07) is 18.1. The molecule has 0 saturated carbocycles. The highest BCUT2D eigenvalue weighted by Crippen LogP contribution is 2.40. The highest BCUT2D eigenvalue weighted by Gasteiger charge is 2.45. The van der Waals surface area contributed by atoms with Crippen molar-refractivity contribution in [1.29, 1.82) is 5.26 Å². The van der Waals surface area contributed by atoms with E-state index in [2.05, 4.69) is 26.3 Å². The summed E-state index contributed by atoms with van der Waals surface area (Å²) in [5.74, 6) is 1.11. The standard InChI is InChI=1S/C30H35N7O5/c1-36(2)11-6-12-41-22-13-18(9-10-20(22)19-7-4-3-5-8-19)15-33-28-21(14-31)24-27(32)34-17-35-29(24)37(28)30-26(40)25(39)23(16-38)42-30/h3-5,7-10,13,17,23,25-26,30,33,38-40H,6,11-12,15-16H2,1-2H3,(H2,32,34,35)/t23-,25-,26-,30-/m1/s1. The van der Waals surface area contributed by atoms with Crippen molar-refractivity contribution in [2.24, 2.45) is 0 Å². The van der Waals surface area contributed by atoms with Crippen LogP contribution in [0.1, 0.15) is 23.8 Å². The summed E-state index contributed by atoms with van der Waals surface area (Å²) in [7, 11) is 4.05. The molecule has 0 bridgehead atoms. The molecule has 42 heavy (non-hydrogen) atoms. The van der Waals surface area contributed by atoms with Gasteiger partial charge in [-0.15, -0.1) is 0 Å². The normalized spacial score (nSPS) is 20.2. The van der Waals surface area contributed by atoms with E-state index in [-0.39, 0.29) is 29.4 Å². The molecular weight excluding hydrogens is 538 g/mol. The molecule has 12 heteroatoms. The molecule has 3 heterocycles. The molecule has 4 aromatic rings. The minimum atomic E-state index is -1.40. The number of benzene rings is 2. The number of ether oxygens (including phenoxy) is 2. The summed E-state index contributed by atoms with van der Waals surface area (Å²) in [5.41, 5.74) is 9.44. The lowest BCUT2D eigenvalue weighted by Crippen LogP contribution is -2.33. The van der Waals surface area contributed by atoms with Gasteiger partial charge in [0.25, 0.3) is 0 Å². The molecule has 5 rings (SSSR count). The van der Waals surface area contributed by atoms with Crippen molar-refractivity contribution in [3.63, 3.8) is 0 Å². The van der Waals surface area contributed by atoms with E-state index in [4.69, 9.17) is 15.2 Å². The molecule has 1 saturated heterocycles. The Bertz CT molecular complexity index is 1570. The van der Waals surface area contributed by atoms with Crippen LogP contribution >= 0.6 is 0 Å². The Balaban J connectivity index is 1.50. The number of anilines is 2. The maximum Gasteiger partial charge on any atom is 0.166 e. The fourth-order valence-electron chi connectivity index (χ4n) is 5.18. The second kappa shape index (κ2) is 12.7. The number of nitrogens with two attached hydrogens (primary N) is 1. The van der Waals surface area contributed by atoms with Gasteiger partial charge in [-0.3, -0.25) is 4.57 Å². The van der Waals surface area contributed by atoms with Gasteiger partial charge < -0.3 is 40.7 Å². The molecule has 0 radical (unpaired) electrons. The summed E-state index contributed by atoms with van der Waals surface area (Å²) < 4.78 is 13.6. The maximum absolute atomic E-state index is 10.8. The number of fused-ring (bicyclic) bond motifs is 1. The van der Waals surface area contributed by atoms with Crippen LogP contribution < -0.4 is 15.8 Å². The highest BCUT2D eigenvalue weighted by atomic mass is 16.6. The topological polar surface area (TPSA) is 175 Å². The Morgan fingerprint density at radius 1 is 1.14 bits per heavy atom. The molecule has 1 aliphatic rings. The lowest BCUT2D eigenvalue weighted by molar-refractivity contribution is -0.0499. The van der Waals surface area contributed by atoms with Gasteiger partial charge in [0.1, 0.15) is 53.7 Å². The molecule has 1 aliphatic heterocycles. The average molecular weight is 574 g/mol. The molecular formula is C30H35N7O5. The first-order chi connectivity index (χ1) is 20.3. The molecule has 2 aromatic heterocycles. The van der Waals surface area contributed by atoms with Gasteiger partial charge in [-0.1, -0.05) is 42.5 Å². The van der Waals surface area contributed by atoms with E-state index in [9.17, 15) is 20.6 Å². The molecule has 6 N–H and O–H groups in total. The first-order valence-corrected chi connectivity index (χ1v) is 13.7. The number of nitrogen functional groups attached to an aromatic ring is 1. The third kappa shape index (κ3) is 5.74. The number of nitriles is 1. The maximum atomic E-state index is 10.8. The van der Waals surface area contributed by atoms with Crippen molar-refractivity contribution in [3.05, 3.63) is 66.0 Å². The average Bonchev–Trinajstić information content (AvgIpc) is 3.47.